The van der Waals surface area contributed by atoms with E-state index in [4.69, 9.17) is 11.6 Å². The fourth-order valence-corrected chi connectivity index (χ4v) is 2.72. The normalized spacial score (nSPS) is 10.3. The van der Waals surface area contributed by atoms with Crippen molar-refractivity contribution in [3.05, 3.63) is 58.1 Å². The van der Waals surface area contributed by atoms with Crippen molar-refractivity contribution in [2.75, 3.05) is 10.6 Å². The third-order valence-corrected chi connectivity index (χ3v) is 4.02. The summed E-state index contributed by atoms with van der Waals surface area (Å²) in [7, 11) is 0. The second-order valence-corrected chi connectivity index (χ2v) is 6.13. The van der Waals surface area contributed by atoms with Crippen molar-refractivity contribution in [1.82, 2.24) is 0 Å². The predicted molar refractivity (Wildman–Crippen MR) is 98.6 cm³/mol. The first-order chi connectivity index (χ1) is 11.4. The molecule has 2 aromatic rings. The van der Waals surface area contributed by atoms with Gasteiger partial charge in [0.25, 0.3) is 0 Å². The highest BCUT2D eigenvalue weighted by atomic mass is 35.5. The summed E-state index contributed by atoms with van der Waals surface area (Å²) in [5.74, 6) is -0.687. The number of carbonyl (C=O) groups excluding carboxylic acids is 2. The van der Waals surface area contributed by atoms with Crippen LogP contribution in [0, 0.1) is 13.8 Å². The molecule has 0 aliphatic rings. The minimum absolute atomic E-state index is 0.237. The summed E-state index contributed by atoms with van der Waals surface area (Å²) in [5.41, 5.74) is 4.33. The fraction of sp³-hybridized carbons (Fsp3) is 0.263. The smallest absolute Gasteiger partial charge is 0.233 e. The van der Waals surface area contributed by atoms with E-state index in [0.29, 0.717) is 10.7 Å². The van der Waals surface area contributed by atoms with Gasteiger partial charge in [-0.15, -0.1) is 0 Å². The maximum atomic E-state index is 12.2. The number of hydrogen-bond donors (Lipinski definition) is 2. The molecule has 0 radical (unpaired) electrons. The Morgan fingerprint density at radius 3 is 2.38 bits per heavy atom. The van der Waals surface area contributed by atoms with Crippen LogP contribution < -0.4 is 10.6 Å². The van der Waals surface area contributed by atoms with Gasteiger partial charge >= 0.3 is 0 Å². The summed E-state index contributed by atoms with van der Waals surface area (Å²) in [6.07, 6.45) is 0.576. The molecule has 0 atom stereocenters. The van der Waals surface area contributed by atoms with Crippen LogP contribution in [-0.2, 0) is 16.0 Å². The van der Waals surface area contributed by atoms with E-state index in [1.807, 2.05) is 39.0 Å². The van der Waals surface area contributed by atoms with Gasteiger partial charge in [-0.1, -0.05) is 36.7 Å². The molecule has 126 valence electrons. The van der Waals surface area contributed by atoms with E-state index in [9.17, 15) is 9.59 Å². The van der Waals surface area contributed by atoms with Crippen LogP contribution >= 0.6 is 11.6 Å². The number of rotatable bonds is 5. The Labute approximate surface area is 147 Å². The summed E-state index contributed by atoms with van der Waals surface area (Å²) in [6, 6.07) is 11.1. The summed E-state index contributed by atoms with van der Waals surface area (Å²) in [4.78, 5) is 24.3. The largest absolute Gasteiger partial charge is 0.325 e. The van der Waals surface area contributed by atoms with Gasteiger partial charge in [-0.3, -0.25) is 9.59 Å². The van der Waals surface area contributed by atoms with Crippen LogP contribution in [0.15, 0.2) is 36.4 Å². The zero-order valence-corrected chi connectivity index (χ0v) is 14.8. The third kappa shape index (κ3) is 4.59. The summed E-state index contributed by atoms with van der Waals surface area (Å²) >= 11 is 5.89. The topological polar surface area (TPSA) is 58.2 Å². The molecule has 5 heteroatoms. The first-order valence-corrected chi connectivity index (χ1v) is 8.23. The highest BCUT2D eigenvalue weighted by Gasteiger charge is 2.13. The zero-order valence-electron chi connectivity index (χ0n) is 14.1. The number of halogens is 1. The Bertz CT molecular complexity index is 772. The van der Waals surface area contributed by atoms with Crippen LogP contribution in [0.3, 0.4) is 0 Å². The number of para-hydroxylation sites is 1. The van der Waals surface area contributed by atoms with E-state index >= 15 is 0 Å². The average Bonchev–Trinajstić information content (AvgIpc) is 2.52. The van der Waals surface area contributed by atoms with Gasteiger partial charge in [0.05, 0.1) is 0 Å². The van der Waals surface area contributed by atoms with Gasteiger partial charge in [-0.2, -0.15) is 0 Å². The van der Waals surface area contributed by atoms with E-state index in [1.165, 1.54) is 0 Å². The molecule has 0 heterocycles. The Morgan fingerprint density at radius 2 is 1.71 bits per heavy atom. The van der Waals surface area contributed by atoms with Crippen LogP contribution in [0.5, 0.6) is 0 Å². The van der Waals surface area contributed by atoms with Crippen molar-refractivity contribution < 1.29 is 9.59 Å². The minimum atomic E-state index is -0.357. The highest BCUT2D eigenvalue weighted by molar-refractivity contribution is 6.30. The number of anilines is 2. The van der Waals surface area contributed by atoms with Crippen molar-refractivity contribution >= 4 is 34.8 Å². The average molecular weight is 345 g/mol. The van der Waals surface area contributed by atoms with Gasteiger partial charge in [0, 0.05) is 16.4 Å². The molecule has 24 heavy (non-hydrogen) atoms. The van der Waals surface area contributed by atoms with E-state index in [-0.39, 0.29) is 18.2 Å². The molecule has 4 nitrogen and oxygen atoms in total. The first kappa shape index (κ1) is 18.0. The summed E-state index contributed by atoms with van der Waals surface area (Å²) in [6.45, 7) is 5.81. The van der Waals surface area contributed by atoms with Crippen LogP contribution in [0.1, 0.15) is 30.0 Å². The quantitative estimate of drug-likeness (QED) is 0.785. The Hall–Kier alpha value is -2.33. The number of amides is 2. The second kappa shape index (κ2) is 7.97. The molecule has 0 aliphatic carbocycles. The van der Waals surface area contributed by atoms with Gasteiger partial charge in [0.2, 0.25) is 11.8 Å². The number of aryl methyl sites for hydroxylation is 3. The second-order valence-electron chi connectivity index (χ2n) is 5.69. The summed E-state index contributed by atoms with van der Waals surface area (Å²) < 4.78 is 0. The molecule has 0 aromatic heterocycles. The van der Waals surface area contributed by atoms with Crippen molar-refractivity contribution in [1.29, 1.82) is 0 Å². The maximum Gasteiger partial charge on any atom is 0.233 e. The molecular formula is C19H21ClN2O2. The third-order valence-electron chi connectivity index (χ3n) is 3.79. The molecule has 0 saturated carbocycles. The predicted octanol–water partition coefficient (Wildman–Crippen LogP) is 4.49. The molecule has 0 aliphatic heterocycles. The number of benzene rings is 2. The molecule has 2 amide bonds. The van der Waals surface area contributed by atoms with Crippen LogP contribution in [0.2, 0.25) is 5.02 Å². The van der Waals surface area contributed by atoms with Crippen LogP contribution in [-0.4, -0.2) is 11.8 Å². The lowest BCUT2D eigenvalue weighted by Gasteiger charge is -2.13. The maximum absolute atomic E-state index is 12.2. The molecule has 0 spiro atoms. The molecule has 2 rings (SSSR count). The Balaban J connectivity index is 2.01. The van der Waals surface area contributed by atoms with E-state index in [1.54, 1.807) is 18.2 Å². The molecular weight excluding hydrogens is 324 g/mol. The van der Waals surface area contributed by atoms with Gasteiger partial charge in [-0.25, -0.2) is 0 Å². The molecule has 2 aromatic carbocycles. The van der Waals surface area contributed by atoms with Gasteiger partial charge in [0.1, 0.15) is 6.42 Å². The van der Waals surface area contributed by atoms with E-state index in [0.717, 1.165) is 28.8 Å². The first-order valence-electron chi connectivity index (χ1n) is 7.85. The number of nitrogens with one attached hydrogen (secondary N) is 2. The number of carbonyl (C=O) groups is 2. The SMILES string of the molecule is CCc1cccc(C)c1NC(=O)CC(=O)Nc1ccc(Cl)cc1C. The molecule has 2 N–H and O–H groups in total. The van der Waals surface area contributed by atoms with Gasteiger partial charge < -0.3 is 10.6 Å². The fourth-order valence-electron chi connectivity index (χ4n) is 2.49. The monoisotopic (exact) mass is 344 g/mol. The lowest BCUT2D eigenvalue weighted by atomic mass is 10.1. The molecule has 0 unspecified atom stereocenters. The van der Waals surface area contributed by atoms with Crippen LogP contribution in [0.4, 0.5) is 11.4 Å². The zero-order chi connectivity index (χ0) is 17.7. The lowest BCUT2D eigenvalue weighted by Crippen LogP contribution is -2.22. The Kier molecular flexibility index (Phi) is 5.99. The van der Waals surface area contributed by atoms with E-state index in [2.05, 4.69) is 10.6 Å². The van der Waals surface area contributed by atoms with Gasteiger partial charge in [0.15, 0.2) is 0 Å². The van der Waals surface area contributed by atoms with Gasteiger partial charge in [-0.05, 0) is 55.2 Å². The number of hydrogen-bond acceptors (Lipinski definition) is 2. The van der Waals surface area contributed by atoms with E-state index < -0.39 is 0 Å². The molecule has 0 saturated heterocycles. The van der Waals surface area contributed by atoms with Crippen LogP contribution in [0.25, 0.3) is 0 Å². The summed E-state index contributed by atoms with van der Waals surface area (Å²) in [5, 5.41) is 6.19. The lowest BCUT2D eigenvalue weighted by molar-refractivity contribution is -0.123. The molecule has 0 fully saturated rings. The minimum Gasteiger partial charge on any atom is -0.325 e. The van der Waals surface area contributed by atoms with Crippen molar-refractivity contribution in [3.8, 4) is 0 Å². The van der Waals surface area contributed by atoms with Crippen molar-refractivity contribution in [2.24, 2.45) is 0 Å². The molecule has 0 bridgehead atoms. The van der Waals surface area contributed by atoms with Crippen molar-refractivity contribution in [2.45, 2.75) is 33.6 Å². The van der Waals surface area contributed by atoms with Crippen molar-refractivity contribution in [3.63, 3.8) is 0 Å². The Morgan fingerprint density at radius 1 is 1.00 bits per heavy atom. The standard InChI is InChI=1S/C19H21ClN2O2/c1-4-14-7-5-6-12(2)19(14)22-18(24)11-17(23)21-16-9-8-15(20)10-13(16)3/h5-10H,4,11H2,1-3H3,(H,21,23)(H,22,24). The highest BCUT2D eigenvalue weighted by Crippen LogP contribution is 2.22.